The summed E-state index contributed by atoms with van der Waals surface area (Å²) in [5.41, 5.74) is 1.38. The van der Waals surface area contributed by atoms with Crippen LogP contribution >= 0.6 is 11.8 Å². The fraction of sp³-hybridized carbons (Fsp3) is 0.0741. The lowest BCUT2D eigenvalue weighted by Gasteiger charge is -2.14. The maximum atomic E-state index is 13.1. The Bertz CT molecular complexity index is 1560. The molecule has 1 aliphatic rings. The lowest BCUT2D eigenvalue weighted by Crippen LogP contribution is -2.27. The van der Waals surface area contributed by atoms with E-state index in [-0.39, 0.29) is 29.3 Å². The third-order valence-electron chi connectivity index (χ3n) is 5.71. The standard InChI is InChI=1S/C27H19N3O6S/c1-35-23-13-17(9-11-22(23)36-25-12-10-20(15-28-25)30(33)34)14-24-26(31)29(27(32)37-24)16-19-7-4-6-18-5-2-3-8-21(18)19/h2-15H,16H2,1H3/b24-14+. The molecule has 0 aliphatic carbocycles. The van der Waals surface area contributed by atoms with E-state index in [1.54, 1.807) is 24.3 Å². The minimum Gasteiger partial charge on any atom is -0.493 e. The minimum absolute atomic E-state index is 0.149. The molecule has 0 bridgehead atoms. The number of pyridine rings is 1. The van der Waals surface area contributed by atoms with E-state index in [2.05, 4.69) is 4.98 Å². The summed E-state index contributed by atoms with van der Waals surface area (Å²) >= 11 is 0.887. The molecule has 2 heterocycles. The number of ether oxygens (including phenoxy) is 2. The van der Waals surface area contributed by atoms with Crippen molar-refractivity contribution in [3.05, 3.63) is 105 Å². The highest BCUT2D eigenvalue weighted by atomic mass is 32.2. The number of fused-ring (bicyclic) bond motifs is 1. The van der Waals surface area contributed by atoms with E-state index in [9.17, 15) is 19.7 Å². The molecule has 1 aliphatic heterocycles. The van der Waals surface area contributed by atoms with Crippen LogP contribution in [0.15, 0.2) is 83.9 Å². The third-order valence-corrected chi connectivity index (χ3v) is 6.62. The van der Waals surface area contributed by atoms with Gasteiger partial charge in [0.2, 0.25) is 5.88 Å². The quantitative estimate of drug-likeness (QED) is 0.164. The highest BCUT2D eigenvalue weighted by Crippen LogP contribution is 2.37. The summed E-state index contributed by atoms with van der Waals surface area (Å²) in [6.45, 7) is 0.182. The average molecular weight is 514 g/mol. The van der Waals surface area contributed by atoms with E-state index in [1.807, 2.05) is 42.5 Å². The van der Waals surface area contributed by atoms with Crippen molar-refractivity contribution in [2.75, 3.05) is 7.11 Å². The first-order chi connectivity index (χ1) is 17.9. The van der Waals surface area contributed by atoms with Crippen LogP contribution in [0.1, 0.15) is 11.1 Å². The van der Waals surface area contributed by atoms with Crippen molar-refractivity contribution >= 4 is 45.4 Å². The van der Waals surface area contributed by atoms with Gasteiger partial charge in [-0.3, -0.25) is 24.6 Å². The monoisotopic (exact) mass is 513 g/mol. The number of benzene rings is 3. The Hall–Kier alpha value is -4.70. The average Bonchev–Trinajstić information content (AvgIpc) is 3.17. The summed E-state index contributed by atoms with van der Waals surface area (Å²) in [6.07, 6.45) is 2.73. The zero-order valence-corrected chi connectivity index (χ0v) is 20.3. The summed E-state index contributed by atoms with van der Waals surface area (Å²) < 4.78 is 11.1. The van der Waals surface area contributed by atoms with Crippen LogP contribution in [-0.4, -0.2) is 33.1 Å². The number of thioether (sulfide) groups is 1. The van der Waals surface area contributed by atoms with Crippen LogP contribution in [0, 0.1) is 10.1 Å². The van der Waals surface area contributed by atoms with Gasteiger partial charge in [0.1, 0.15) is 6.20 Å². The highest BCUT2D eigenvalue weighted by Gasteiger charge is 2.35. The molecule has 0 spiro atoms. The number of nitrogens with zero attached hydrogens (tertiary/aromatic N) is 3. The van der Waals surface area contributed by atoms with Crippen molar-refractivity contribution in [2.45, 2.75) is 6.54 Å². The lowest BCUT2D eigenvalue weighted by atomic mass is 10.0. The SMILES string of the molecule is COc1cc(/C=C2/SC(=O)N(Cc3cccc4ccccc34)C2=O)ccc1Oc1ccc([N+](=O)[O-])cn1. The Balaban J connectivity index is 1.35. The van der Waals surface area contributed by atoms with Crippen molar-refractivity contribution in [3.63, 3.8) is 0 Å². The molecule has 10 heteroatoms. The van der Waals surface area contributed by atoms with Crippen LogP contribution in [-0.2, 0) is 11.3 Å². The molecule has 37 heavy (non-hydrogen) atoms. The van der Waals surface area contributed by atoms with Crippen molar-refractivity contribution in [1.29, 1.82) is 0 Å². The number of methoxy groups -OCH3 is 1. The third kappa shape index (κ3) is 5.00. The van der Waals surface area contributed by atoms with Crippen molar-refractivity contribution in [1.82, 2.24) is 9.88 Å². The van der Waals surface area contributed by atoms with Crippen molar-refractivity contribution in [2.24, 2.45) is 0 Å². The molecule has 0 N–H and O–H groups in total. The van der Waals surface area contributed by atoms with Crippen LogP contribution in [0.2, 0.25) is 0 Å². The summed E-state index contributed by atoms with van der Waals surface area (Å²) in [7, 11) is 1.47. The number of carbonyl (C=O) groups is 2. The minimum atomic E-state index is -0.546. The van der Waals surface area contributed by atoms with Crippen molar-refractivity contribution in [3.8, 4) is 17.4 Å². The molecule has 0 unspecified atom stereocenters. The van der Waals surface area contributed by atoms with E-state index in [4.69, 9.17) is 9.47 Å². The molecule has 2 amide bonds. The number of amides is 2. The number of hydrogen-bond donors (Lipinski definition) is 0. The number of rotatable bonds is 7. The second kappa shape index (κ2) is 10.1. The summed E-state index contributed by atoms with van der Waals surface area (Å²) in [5.74, 6) is 0.498. The molecule has 5 rings (SSSR count). The van der Waals surface area contributed by atoms with Crippen LogP contribution in [0.3, 0.4) is 0 Å². The van der Waals surface area contributed by atoms with Gasteiger partial charge in [-0.25, -0.2) is 4.98 Å². The normalized spacial score (nSPS) is 14.4. The van der Waals surface area contributed by atoms with Gasteiger partial charge in [-0.1, -0.05) is 48.5 Å². The first-order valence-electron chi connectivity index (χ1n) is 11.1. The molecular weight excluding hydrogens is 494 g/mol. The molecule has 1 fully saturated rings. The predicted molar refractivity (Wildman–Crippen MR) is 139 cm³/mol. The van der Waals surface area contributed by atoms with Gasteiger partial charge in [-0.15, -0.1) is 0 Å². The number of imide groups is 1. The van der Waals surface area contributed by atoms with E-state index in [0.29, 0.717) is 22.0 Å². The van der Waals surface area contributed by atoms with Crippen molar-refractivity contribution < 1.29 is 24.0 Å². The second-order valence-corrected chi connectivity index (χ2v) is 9.02. The Labute approximate surface area is 215 Å². The fourth-order valence-corrected chi connectivity index (χ4v) is 4.74. The highest BCUT2D eigenvalue weighted by molar-refractivity contribution is 8.18. The molecular formula is C27H19N3O6S. The first kappa shape index (κ1) is 24.0. The molecule has 9 nitrogen and oxygen atoms in total. The van der Waals surface area contributed by atoms with Gasteiger partial charge in [0.05, 0.1) is 23.5 Å². The Kier molecular flexibility index (Phi) is 6.57. The molecule has 0 saturated carbocycles. The smallest absolute Gasteiger partial charge is 0.293 e. The maximum absolute atomic E-state index is 13.1. The Morgan fingerprint density at radius 2 is 1.84 bits per heavy atom. The summed E-state index contributed by atoms with van der Waals surface area (Å²) in [4.78, 5) is 41.6. The molecule has 0 radical (unpaired) electrons. The number of nitro groups is 1. The van der Waals surface area contributed by atoms with Gasteiger partial charge in [0, 0.05) is 12.1 Å². The molecule has 4 aromatic rings. The Morgan fingerprint density at radius 1 is 1.03 bits per heavy atom. The van der Waals surface area contributed by atoms with Gasteiger partial charge in [-0.05, 0) is 51.9 Å². The first-order valence-corrected chi connectivity index (χ1v) is 11.9. The van der Waals surface area contributed by atoms with Crippen LogP contribution in [0.25, 0.3) is 16.8 Å². The number of carbonyl (C=O) groups excluding carboxylic acids is 2. The van der Waals surface area contributed by atoms with Crippen LogP contribution < -0.4 is 9.47 Å². The molecule has 0 atom stereocenters. The maximum Gasteiger partial charge on any atom is 0.293 e. The molecule has 1 saturated heterocycles. The lowest BCUT2D eigenvalue weighted by molar-refractivity contribution is -0.385. The Morgan fingerprint density at radius 3 is 2.59 bits per heavy atom. The van der Waals surface area contributed by atoms with Gasteiger partial charge in [-0.2, -0.15) is 0 Å². The molecule has 1 aromatic heterocycles. The largest absolute Gasteiger partial charge is 0.493 e. The van der Waals surface area contributed by atoms with Crippen LogP contribution in [0.5, 0.6) is 17.4 Å². The van der Waals surface area contributed by atoms with Gasteiger partial charge in [0.15, 0.2) is 11.5 Å². The fourth-order valence-electron chi connectivity index (χ4n) is 3.90. The van der Waals surface area contributed by atoms with E-state index in [1.165, 1.54) is 24.1 Å². The molecule has 184 valence electrons. The van der Waals surface area contributed by atoms with Gasteiger partial charge < -0.3 is 9.47 Å². The second-order valence-electron chi connectivity index (χ2n) is 8.03. The van der Waals surface area contributed by atoms with Gasteiger partial charge in [0.25, 0.3) is 16.8 Å². The predicted octanol–water partition coefficient (Wildman–Crippen LogP) is 6.18. The topological polar surface area (TPSA) is 112 Å². The van der Waals surface area contributed by atoms with Gasteiger partial charge >= 0.3 is 0 Å². The number of aromatic nitrogens is 1. The van der Waals surface area contributed by atoms with E-state index in [0.717, 1.165) is 34.3 Å². The van der Waals surface area contributed by atoms with E-state index >= 15 is 0 Å². The van der Waals surface area contributed by atoms with Crippen LogP contribution in [0.4, 0.5) is 10.5 Å². The number of hydrogen-bond acceptors (Lipinski definition) is 8. The van der Waals surface area contributed by atoms with E-state index < -0.39 is 4.92 Å². The zero-order chi connectivity index (χ0) is 25.9. The summed E-state index contributed by atoms with van der Waals surface area (Å²) in [6, 6.07) is 21.3. The molecule has 3 aromatic carbocycles. The summed E-state index contributed by atoms with van der Waals surface area (Å²) in [5, 5.41) is 12.5. The zero-order valence-electron chi connectivity index (χ0n) is 19.5.